The van der Waals surface area contributed by atoms with Crippen LogP contribution in [0.25, 0.3) is 0 Å². The zero-order valence-corrected chi connectivity index (χ0v) is 9.04. The van der Waals surface area contributed by atoms with E-state index in [1.165, 1.54) is 18.2 Å². The third kappa shape index (κ3) is 3.58. The lowest BCUT2D eigenvalue weighted by Gasteiger charge is -2.09. The molecule has 0 aliphatic carbocycles. The molecule has 0 aliphatic heterocycles. The van der Waals surface area contributed by atoms with Crippen LogP contribution in [0.2, 0.25) is 0 Å². The van der Waals surface area contributed by atoms with Crippen LogP contribution in [0.5, 0.6) is 11.5 Å². The SMILES string of the molecule is O=[N+]([O-])c1c(OCCO)cccc1OCCO. The van der Waals surface area contributed by atoms with Gasteiger partial charge in [-0.15, -0.1) is 0 Å². The molecule has 0 spiro atoms. The number of para-hydroxylation sites is 1. The molecular weight excluding hydrogens is 230 g/mol. The lowest BCUT2D eigenvalue weighted by Crippen LogP contribution is -2.07. The van der Waals surface area contributed by atoms with Gasteiger partial charge in [0.15, 0.2) is 0 Å². The minimum atomic E-state index is -0.626. The summed E-state index contributed by atoms with van der Waals surface area (Å²) in [4.78, 5) is 10.3. The highest BCUT2D eigenvalue weighted by atomic mass is 16.6. The van der Waals surface area contributed by atoms with Crippen LogP contribution < -0.4 is 9.47 Å². The lowest BCUT2D eigenvalue weighted by atomic mass is 10.2. The summed E-state index contributed by atoms with van der Waals surface area (Å²) >= 11 is 0. The topological polar surface area (TPSA) is 102 Å². The molecule has 0 aliphatic rings. The van der Waals surface area contributed by atoms with Gasteiger partial charge in [-0.2, -0.15) is 0 Å². The average molecular weight is 243 g/mol. The molecule has 0 fully saturated rings. The van der Waals surface area contributed by atoms with Crippen molar-refractivity contribution < 1.29 is 24.6 Å². The van der Waals surface area contributed by atoms with Crippen LogP contribution in [-0.4, -0.2) is 41.6 Å². The number of aliphatic hydroxyl groups is 2. The van der Waals surface area contributed by atoms with E-state index in [-0.39, 0.29) is 43.6 Å². The summed E-state index contributed by atoms with van der Waals surface area (Å²) in [7, 11) is 0. The van der Waals surface area contributed by atoms with Crippen molar-refractivity contribution in [3.63, 3.8) is 0 Å². The van der Waals surface area contributed by atoms with Gasteiger partial charge in [0.05, 0.1) is 18.1 Å². The Labute approximate surface area is 97.4 Å². The van der Waals surface area contributed by atoms with Crippen LogP contribution in [0.1, 0.15) is 0 Å². The van der Waals surface area contributed by atoms with Gasteiger partial charge < -0.3 is 19.7 Å². The van der Waals surface area contributed by atoms with E-state index in [4.69, 9.17) is 19.7 Å². The van der Waals surface area contributed by atoms with Crippen molar-refractivity contribution in [1.82, 2.24) is 0 Å². The molecule has 0 atom stereocenters. The molecule has 0 heterocycles. The summed E-state index contributed by atoms with van der Waals surface area (Å²) in [5.41, 5.74) is -0.311. The van der Waals surface area contributed by atoms with E-state index < -0.39 is 4.92 Å². The van der Waals surface area contributed by atoms with Crippen molar-refractivity contribution in [2.45, 2.75) is 0 Å². The van der Waals surface area contributed by atoms with E-state index in [9.17, 15) is 10.1 Å². The Kier molecular flexibility index (Phi) is 5.18. The number of nitro groups is 1. The third-order valence-corrected chi connectivity index (χ3v) is 1.84. The maximum absolute atomic E-state index is 10.9. The molecule has 0 saturated heterocycles. The van der Waals surface area contributed by atoms with E-state index in [1.54, 1.807) is 0 Å². The summed E-state index contributed by atoms with van der Waals surface area (Å²) in [6, 6.07) is 4.37. The van der Waals surface area contributed by atoms with Crippen LogP contribution in [0.4, 0.5) is 5.69 Å². The fraction of sp³-hybridized carbons (Fsp3) is 0.400. The molecule has 1 aromatic carbocycles. The first kappa shape index (κ1) is 13.2. The predicted molar refractivity (Wildman–Crippen MR) is 58.3 cm³/mol. The first-order chi connectivity index (χ1) is 8.20. The Balaban J connectivity index is 2.99. The van der Waals surface area contributed by atoms with Crippen LogP contribution in [0, 0.1) is 10.1 Å². The highest BCUT2D eigenvalue weighted by molar-refractivity contribution is 5.57. The van der Waals surface area contributed by atoms with Gasteiger partial charge in [-0.05, 0) is 12.1 Å². The summed E-state index contributed by atoms with van der Waals surface area (Å²) in [6.45, 7) is -0.549. The molecule has 17 heavy (non-hydrogen) atoms. The molecule has 0 amide bonds. The second-order valence-electron chi connectivity index (χ2n) is 3.00. The monoisotopic (exact) mass is 243 g/mol. The van der Waals surface area contributed by atoms with Crippen LogP contribution >= 0.6 is 0 Å². The maximum Gasteiger partial charge on any atom is 0.352 e. The number of ether oxygens (including phenoxy) is 2. The van der Waals surface area contributed by atoms with Gasteiger partial charge in [0.1, 0.15) is 13.2 Å². The first-order valence-electron chi connectivity index (χ1n) is 4.95. The van der Waals surface area contributed by atoms with E-state index >= 15 is 0 Å². The predicted octanol–water partition coefficient (Wildman–Crippen LogP) is 0.337. The lowest BCUT2D eigenvalue weighted by molar-refractivity contribution is -0.386. The molecule has 7 heteroatoms. The Morgan fingerprint density at radius 2 is 1.59 bits per heavy atom. The molecule has 1 rings (SSSR count). The number of nitro benzene ring substituents is 1. The van der Waals surface area contributed by atoms with Gasteiger partial charge in [-0.1, -0.05) is 6.07 Å². The highest BCUT2D eigenvalue weighted by Crippen LogP contribution is 2.36. The first-order valence-corrected chi connectivity index (χ1v) is 4.95. The Bertz CT molecular complexity index is 355. The van der Waals surface area contributed by atoms with E-state index in [1.807, 2.05) is 0 Å². The summed E-state index contributed by atoms with van der Waals surface area (Å²) < 4.78 is 10.1. The van der Waals surface area contributed by atoms with Gasteiger partial charge in [-0.3, -0.25) is 10.1 Å². The van der Waals surface area contributed by atoms with Crippen molar-refractivity contribution >= 4 is 5.69 Å². The van der Waals surface area contributed by atoms with Crippen molar-refractivity contribution in [2.24, 2.45) is 0 Å². The molecule has 0 unspecified atom stereocenters. The van der Waals surface area contributed by atoms with Crippen LogP contribution in [0.15, 0.2) is 18.2 Å². The number of hydrogen-bond donors (Lipinski definition) is 2. The molecule has 7 nitrogen and oxygen atoms in total. The van der Waals surface area contributed by atoms with Gasteiger partial charge in [0.25, 0.3) is 0 Å². The van der Waals surface area contributed by atoms with Crippen molar-refractivity contribution in [3.8, 4) is 11.5 Å². The molecule has 94 valence electrons. The maximum atomic E-state index is 10.9. The number of aliphatic hydroxyl groups excluding tert-OH is 2. The van der Waals surface area contributed by atoms with Gasteiger partial charge in [-0.25, -0.2) is 0 Å². The molecule has 0 saturated carbocycles. The zero-order valence-electron chi connectivity index (χ0n) is 9.04. The summed E-state index contributed by atoms with van der Waals surface area (Å²) in [5.74, 6) is 0.0546. The average Bonchev–Trinajstić information content (AvgIpc) is 2.33. The fourth-order valence-electron chi connectivity index (χ4n) is 1.23. The Morgan fingerprint density at radius 3 is 1.94 bits per heavy atom. The molecule has 1 aromatic rings. The number of hydrogen-bond acceptors (Lipinski definition) is 6. The Morgan fingerprint density at radius 1 is 1.12 bits per heavy atom. The normalized spacial score (nSPS) is 10.0. The van der Waals surface area contributed by atoms with Gasteiger partial charge >= 0.3 is 5.69 Å². The minimum absolute atomic E-state index is 0.0273. The van der Waals surface area contributed by atoms with Gasteiger partial charge in [0.2, 0.25) is 11.5 Å². The van der Waals surface area contributed by atoms with Crippen LogP contribution in [0.3, 0.4) is 0 Å². The van der Waals surface area contributed by atoms with Crippen molar-refractivity contribution in [3.05, 3.63) is 28.3 Å². The summed E-state index contributed by atoms with van der Waals surface area (Å²) in [6.07, 6.45) is 0. The molecule has 0 aromatic heterocycles. The third-order valence-electron chi connectivity index (χ3n) is 1.84. The number of benzene rings is 1. The minimum Gasteiger partial charge on any atom is -0.484 e. The molecular formula is C10H13NO6. The van der Waals surface area contributed by atoms with E-state index in [0.717, 1.165) is 0 Å². The number of rotatable bonds is 7. The second-order valence-corrected chi connectivity index (χ2v) is 3.00. The molecule has 2 N–H and O–H groups in total. The van der Waals surface area contributed by atoms with E-state index in [2.05, 4.69) is 0 Å². The van der Waals surface area contributed by atoms with E-state index in [0.29, 0.717) is 0 Å². The fourth-order valence-corrected chi connectivity index (χ4v) is 1.23. The smallest absolute Gasteiger partial charge is 0.352 e. The standard InChI is InChI=1S/C10H13NO6/c12-4-6-16-8-2-1-3-9(17-7-5-13)10(8)11(14)15/h1-3,12-13H,4-7H2. The molecule has 0 bridgehead atoms. The van der Waals surface area contributed by atoms with Crippen LogP contribution in [-0.2, 0) is 0 Å². The number of nitrogens with zero attached hydrogens (tertiary/aromatic N) is 1. The summed E-state index contributed by atoms with van der Waals surface area (Å²) in [5, 5.41) is 28.1. The second kappa shape index (κ2) is 6.66. The molecule has 0 radical (unpaired) electrons. The largest absolute Gasteiger partial charge is 0.484 e. The van der Waals surface area contributed by atoms with Crippen molar-refractivity contribution in [1.29, 1.82) is 0 Å². The zero-order chi connectivity index (χ0) is 12.7. The van der Waals surface area contributed by atoms with Gasteiger partial charge in [0, 0.05) is 0 Å². The highest BCUT2D eigenvalue weighted by Gasteiger charge is 2.22. The Hall–Kier alpha value is -1.86. The quantitative estimate of drug-likeness (QED) is 0.528. The van der Waals surface area contributed by atoms with Crippen molar-refractivity contribution in [2.75, 3.05) is 26.4 Å².